The predicted octanol–water partition coefficient (Wildman–Crippen LogP) is 4.66. The van der Waals surface area contributed by atoms with E-state index in [0.29, 0.717) is 17.2 Å². The fourth-order valence-electron chi connectivity index (χ4n) is 2.55. The third-order valence-electron chi connectivity index (χ3n) is 3.71. The van der Waals surface area contributed by atoms with Gasteiger partial charge in [-0.2, -0.15) is 5.10 Å². The van der Waals surface area contributed by atoms with Crippen LogP contribution in [-0.2, 0) is 0 Å². The number of carbonyl (C=O) groups excluding carboxylic acids is 1. The van der Waals surface area contributed by atoms with Gasteiger partial charge in [0.2, 0.25) is 0 Å². The van der Waals surface area contributed by atoms with Crippen LogP contribution in [0.5, 0.6) is 5.75 Å². The maximum Gasteiger partial charge on any atom is 0.272 e. The number of carbonyl (C=O) groups is 1. The Kier molecular flexibility index (Phi) is 5.31. The first kappa shape index (κ1) is 17.0. The first-order chi connectivity index (χ1) is 12.2. The Morgan fingerprint density at radius 2 is 1.88 bits per heavy atom. The number of hydrogen-bond acceptors (Lipinski definition) is 3. The minimum atomic E-state index is -0.361. The number of halogens is 1. The van der Waals surface area contributed by atoms with Gasteiger partial charge < -0.3 is 4.74 Å². The van der Waals surface area contributed by atoms with Crippen LogP contribution in [0.3, 0.4) is 0 Å². The van der Waals surface area contributed by atoms with E-state index in [4.69, 9.17) is 16.3 Å². The van der Waals surface area contributed by atoms with Crippen LogP contribution < -0.4 is 10.2 Å². The quantitative estimate of drug-likeness (QED) is 0.536. The van der Waals surface area contributed by atoms with Gasteiger partial charge in [0.05, 0.1) is 23.4 Å². The zero-order valence-corrected chi connectivity index (χ0v) is 14.5. The number of fused-ring (bicyclic) bond motifs is 1. The number of rotatable bonds is 5. The summed E-state index contributed by atoms with van der Waals surface area (Å²) in [5.74, 6) is 0.358. The molecule has 3 aromatic carbocycles. The Morgan fingerprint density at radius 1 is 1.12 bits per heavy atom. The molecule has 0 aliphatic carbocycles. The number of hydrogen-bond donors (Lipinski definition) is 1. The highest BCUT2D eigenvalue weighted by Gasteiger charge is 2.09. The molecule has 0 spiro atoms. The first-order valence-corrected chi connectivity index (χ1v) is 8.31. The standard InChI is InChI=1S/C20H17ClN2O2/c1-2-25-19-12-11-14-7-3-4-8-15(14)17(19)13-22-23-20(24)16-9-5-6-10-18(16)21/h3-13H,2H2,1H3,(H,23,24). The second kappa shape index (κ2) is 7.81. The molecular weight excluding hydrogens is 336 g/mol. The Balaban J connectivity index is 1.89. The Labute approximate surface area is 151 Å². The van der Waals surface area contributed by atoms with Crippen molar-refractivity contribution in [2.45, 2.75) is 6.92 Å². The fourth-order valence-corrected chi connectivity index (χ4v) is 2.77. The maximum atomic E-state index is 12.2. The van der Waals surface area contributed by atoms with Crippen molar-refractivity contribution in [3.8, 4) is 5.75 Å². The second-order valence-corrected chi connectivity index (χ2v) is 5.72. The molecule has 0 heterocycles. The van der Waals surface area contributed by atoms with Gasteiger partial charge in [0.15, 0.2) is 0 Å². The molecule has 0 bridgehead atoms. The molecule has 0 aromatic heterocycles. The molecule has 0 aliphatic heterocycles. The van der Waals surface area contributed by atoms with E-state index in [2.05, 4.69) is 10.5 Å². The predicted molar refractivity (Wildman–Crippen MR) is 102 cm³/mol. The zero-order valence-electron chi connectivity index (χ0n) is 13.7. The molecule has 3 rings (SSSR count). The van der Waals surface area contributed by atoms with Crippen molar-refractivity contribution in [2.24, 2.45) is 5.10 Å². The van der Waals surface area contributed by atoms with Crippen molar-refractivity contribution >= 4 is 34.5 Å². The van der Waals surface area contributed by atoms with Crippen molar-refractivity contribution in [1.29, 1.82) is 0 Å². The van der Waals surface area contributed by atoms with Gasteiger partial charge in [-0.25, -0.2) is 5.43 Å². The van der Waals surface area contributed by atoms with E-state index in [1.165, 1.54) is 0 Å². The van der Waals surface area contributed by atoms with Gasteiger partial charge in [0.1, 0.15) is 5.75 Å². The number of hydrazone groups is 1. The van der Waals surface area contributed by atoms with Crippen LogP contribution in [0.15, 0.2) is 65.8 Å². The van der Waals surface area contributed by atoms with E-state index >= 15 is 0 Å². The molecule has 3 aromatic rings. The summed E-state index contributed by atoms with van der Waals surface area (Å²) >= 11 is 6.03. The van der Waals surface area contributed by atoms with E-state index < -0.39 is 0 Å². The summed E-state index contributed by atoms with van der Waals surface area (Å²) in [7, 11) is 0. The number of benzene rings is 3. The zero-order chi connectivity index (χ0) is 17.6. The van der Waals surface area contributed by atoms with Crippen molar-refractivity contribution in [2.75, 3.05) is 6.61 Å². The highest BCUT2D eigenvalue weighted by atomic mass is 35.5. The highest BCUT2D eigenvalue weighted by molar-refractivity contribution is 6.33. The lowest BCUT2D eigenvalue weighted by atomic mass is 10.0. The topological polar surface area (TPSA) is 50.7 Å². The van der Waals surface area contributed by atoms with Crippen LogP contribution >= 0.6 is 11.6 Å². The molecule has 1 N–H and O–H groups in total. The summed E-state index contributed by atoms with van der Waals surface area (Å²) in [6, 6.07) is 18.7. The lowest BCUT2D eigenvalue weighted by Gasteiger charge is -2.10. The van der Waals surface area contributed by atoms with Crippen LogP contribution in [0.25, 0.3) is 10.8 Å². The van der Waals surface area contributed by atoms with Crippen molar-refractivity contribution in [3.63, 3.8) is 0 Å². The molecular formula is C20H17ClN2O2. The fraction of sp³-hybridized carbons (Fsp3) is 0.100. The van der Waals surface area contributed by atoms with Gasteiger partial charge in [-0.3, -0.25) is 4.79 Å². The largest absolute Gasteiger partial charge is 0.493 e. The highest BCUT2D eigenvalue weighted by Crippen LogP contribution is 2.26. The van der Waals surface area contributed by atoms with Gasteiger partial charge in [0.25, 0.3) is 5.91 Å². The lowest BCUT2D eigenvalue weighted by molar-refractivity contribution is 0.0955. The second-order valence-electron chi connectivity index (χ2n) is 5.31. The van der Waals surface area contributed by atoms with Gasteiger partial charge in [-0.05, 0) is 35.9 Å². The third kappa shape index (κ3) is 3.80. The molecule has 4 nitrogen and oxygen atoms in total. The van der Waals surface area contributed by atoms with Gasteiger partial charge in [-0.1, -0.05) is 54.1 Å². The van der Waals surface area contributed by atoms with Crippen LogP contribution in [0, 0.1) is 0 Å². The minimum absolute atomic E-state index is 0.361. The normalized spacial score (nSPS) is 11.0. The third-order valence-corrected chi connectivity index (χ3v) is 4.04. The molecule has 25 heavy (non-hydrogen) atoms. The molecule has 0 aliphatic rings. The number of nitrogens with one attached hydrogen (secondary N) is 1. The van der Waals surface area contributed by atoms with Crippen molar-refractivity contribution in [1.82, 2.24) is 5.43 Å². The Hall–Kier alpha value is -2.85. The molecule has 0 radical (unpaired) electrons. The summed E-state index contributed by atoms with van der Waals surface area (Å²) in [6.45, 7) is 2.47. The molecule has 0 saturated heterocycles. The van der Waals surface area contributed by atoms with Gasteiger partial charge in [-0.15, -0.1) is 0 Å². The number of nitrogens with zero attached hydrogens (tertiary/aromatic N) is 1. The van der Waals surface area contributed by atoms with E-state index in [0.717, 1.165) is 22.1 Å². The molecule has 0 unspecified atom stereocenters. The van der Waals surface area contributed by atoms with E-state index in [9.17, 15) is 4.79 Å². The van der Waals surface area contributed by atoms with Crippen LogP contribution in [0.1, 0.15) is 22.8 Å². The molecule has 0 fully saturated rings. The smallest absolute Gasteiger partial charge is 0.272 e. The van der Waals surface area contributed by atoms with Crippen LogP contribution in [0.4, 0.5) is 0 Å². The summed E-state index contributed by atoms with van der Waals surface area (Å²) in [5.41, 5.74) is 3.71. The average Bonchev–Trinajstić information content (AvgIpc) is 2.63. The monoisotopic (exact) mass is 352 g/mol. The Morgan fingerprint density at radius 3 is 2.68 bits per heavy atom. The molecule has 5 heteroatoms. The van der Waals surface area contributed by atoms with E-state index in [1.807, 2.05) is 43.3 Å². The first-order valence-electron chi connectivity index (χ1n) is 7.93. The average molecular weight is 353 g/mol. The van der Waals surface area contributed by atoms with Crippen molar-refractivity contribution < 1.29 is 9.53 Å². The molecule has 0 atom stereocenters. The number of ether oxygens (including phenoxy) is 1. The van der Waals surface area contributed by atoms with E-state index in [-0.39, 0.29) is 5.91 Å². The number of amides is 1. The molecule has 1 amide bonds. The van der Waals surface area contributed by atoms with Gasteiger partial charge in [0, 0.05) is 5.56 Å². The van der Waals surface area contributed by atoms with Crippen LogP contribution in [0.2, 0.25) is 5.02 Å². The van der Waals surface area contributed by atoms with E-state index in [1.54, 1.807) is 30.5 Å². The van der Waals surface area contributed by atoms with Crippen molar-refractivity contribution in [3.05, 3.63) is 76.8 Å². The molecule has 0 saturated carbocycles. The minimum Gasteiger partial charge on any atom is -0.493 e. The Bertz CT molecular complexity index is 938. The summed E-state index contributed by atoms with van der Waals surface area (Å²) in [6.07, 6.45) is 1.60. The SMILES string of the molecule is CCOc1ccc2ccccc2c1C=NNC(=O)c1ccccc1Cl. The maximum absolute atomic E-state index is 12.2. The summed E-state index contributed by atoms with van der Waals surface area (Å²) in [5, 5.41) is 6.55. The summed E-state index contributed by atoms with van der Waals surface area (Å²) in [4.78, 5) is 12.2. The van der Waals surface area contributed by atoms with Crippen LogP contribution in [-0.4, -0.2) is 18.7 Å². The molecule has 126 valence electrons. The van der Waals surface area contributed by atoms with Gasteiger partial charge >= 0.3 is 0 Å². The summed E-state index contributed by atoms with van der Waals surface area (Å²) < 4.78 is 5.68. The lowest BCUT2D eigenvalue weighted by Crippen LogP contribution is -2.18.